The number of hydrogen-bond donors (Lipinski definition) is 0. The Balaban J connectivity index is 1.58. The first-order chi connectivity index (χ1) is 17.9. The van der Waals surface area contributed by atoms with Crippen molar-refractivity contribution >= 4 is 22.7 Å². The smallest absolute Gasteiger partial charge is 0.350 e. The second-order valence-corrected chi connectivity index (χ2v) is 9.39. The van der Waals surface area contributed by atoms with Crippen molar-refractivity contribution in [2.75, 3.05) is 18.0 Å². The van der Waals surface area contributed by atoms with Gasteiger partial charge in [0.2, 0.25) is 5.52 Å². The lowest BCUT2D eigenvalue weighted by Gasteiger charge is -2.48. The van der Waals surface area contributed by atoms with Crippen LogP contribution in [0.5, 0.6) is 0 Å². The lowest BCUT2D eigenvalue weighted by molar-refractivity contribution is 0.113. The van der Waals surface area contributed by atoms with Gasteiger partial charge in [0.05, 0.1) is 17.3 Å². The van der Waals surface area contributed by atoms with Gasteiger partial charge in [-0.2, -0.15) is 4.98 Å². The van der Waals surface area contributed by atoms with Crippen LogP contribution in [0.1, 0.15) is 37.6 Å². The zero-order valence-corrected chi connectivity index (χ0v) is 21.0. The molecule has 0 amide bonds. The van der Waals surface area contributed by atoms with Gasteiger partial charge in [-0.25, -0.2) is 9.18 Å². The van der Waals surface area contributed by atoms with Gasteiger partial charge in [-0.3, -0.25) is 14.5 Å². The Morgan fingerprint density at radius 1 is 1.11 bits per heavy atom. The molecule has 1 saturated heterocycles. The van der Waals surface area contributed by atoms with Crippen LogP contribution in [0.4, 0.5) is 16.0 Å². The van der Waals surface area contributed by atoms with E-state index in [2.05, 4.69) is 43.4 Å². The second kappa shape index (κ2) is 10.1. The number of aryl methyl sites for hydroxylation is 1. The largest absolute Gasteiger partial charge is 0.361 e. The Kier molecular flexibility index (Phi) is 6.68. The lowest BCUT2D eigenvalue weighted by Crippen LogP contribution is -2.58. The number of benzene rings is 1. The quantitative estimate of drug-likeness (QED) is 0.379. The number of rotatable bonds is 5. The molecule has 9 heteroatoms. The van der Waals surface area contributed by atoms with Crippen molar-refractivity contribution in [1.82, 2.24) is 24.4 Å². The normalized spacial score (nSPS) is 19.1. The molecule has 0 bridgehead atoms. The van der Waals surface area contributed by atoms with Crippen molar-refractivity contribution in [1.29, 1.82) is 0 Å². The number of hydrogen-bond acceptors (Lipinski definition) is 6. The fraction of sp³-hybridized carbons (Fsp3) is 0.321. The monoisotopic (exact) mass is 497 g/mol. The molecule has 0 radical (unpaired) electrons. The van der Waals surface area contributed by atoms with E-state index >= 15 is 0 Å². The van der Waals surface area contributed by atoms with Crippen molar-refractivity contribution in [3.63, 3.8) is 0 Å². The van der Waals surface area contributed by atoms with Crippen molar-refractivity contribution < 1.29 is 4.39 Å². The predicted molar refractivity (Wildman–Crippen MR) is 141 cm³/mol. The molecular weight excluding hydrogens is 469 g/mol. The Hall–Kier alpha value is -4.16. The minimum Gasteiger partial charge on any atom is -0.361 e. The topological polar surface area (TPSA) is 71.5 Å². The molecule has 0 aliphatic carbocycles. The van der Waals surface area contributed by atoms with Gasteiger partial charge in [0.25, 0.3) is 5.82 Å². The van der Waals surface area contributed by atoms with Gasteiger partial charge in [0, 0.05) is 38.4 Å². The highest BCUT2D eigenvalue weighted by Crippen LogP contribution is 2.35. The minimum atomic E-state index is -0.361. The van der Waals surface area contributed by atoms with Gasteiger partial charge in [0.15, 0.2) is 5.82 Å². The highest BCUT2D eigenvalue weighted by Gasteiger charge is 2.38. The maximum Gasteiger partial charge on any atom is 0.350 e. The van der Waals surface area contributed by atoms with Crippen LogP contribution < -0.4 is 10.6 Å². The molecule has 1 aliphatic heterocycles. The number of fused-ring (bicyclic) bond motifs is 1. The van der Waals surface area contributed by atoms with E-state index in [0.717, 1.165) is 17.7 Å². The van der Waals surface area contributed by atoms with Gasteiger partial charge in [-0.1, -0.05) is 31.7 Å². The molecule has 1 aliphatic rings. The summed E-state index contributed by atoms with van der Waals surface area (Å²) in [5, 5.41) is 0. The fourth-order valence-electron chi connectivity index (χ4n) is 5.22. The van der Waals surface area contributed by atoms with E-state index in [1.807, 2.05) is 30.3 Å². The summed E-state index contributed by atoms with van der Waals surface area (Å²) in [7, 11) is 1.66. The fourth-order valence-corrected chi connectivity index (χ4v) is 5.22. The standard InChI is InChI=1S/C28H28FN7O/c1-5-21-17-35(27-25-23(34(4)28(37)33-27)13-14-24(30-3)32-25)18(2)16-36(21)26(22-8-6-7-15-31-22)19-9-11-20(29)12-10-19/h6-15,18,21,26H,5,16-17H2,1-2,4H3/t18-,21+,26?/m0/s1. The average Bonchev–Trinajstić information content (AvgIpc) is 2.92. The SMILES string of the molecule is [C-]#[N+]c1ccc2c(n1)c(N1C[C@@H](CC)N(C(c3ccc(F)cc3)c3ccccn3)C[C@@H]1C)nc(=O)n2C. The van der Waals surface area contributed by atoms with E-state index in [9.17, 15) is 9.18 Å². The van der Waals surface area contributed by atoms with Crippen LogP contribution in [-0.2, 0) is 7.05 Å². The van der Waals surface area contributed by atoms with Crippen molar-refractivity contribution in [2.45, 2.75) is 38.4 Å². The second-order valence-electron chi connectivity index (χ2n) is 9.39. The predicted octanol–water partition coefficient (Wildman–Crippen LogP) is 4.49. The molecule has 0 saturated carbocycles. The summed E-state index contributed by atoms with van der Waals surface area (Å²) in [5.74, 6) is 0.494. The molecule has 1 unspecified atom stereocenters. The zero-order chi connectivity index (χ0) is 26.1. The molecule has 8 nitrogen and oxygen atoms in total. The van der Waals surface area contributed by atoms with Crippen LogP contribution in [0.15, 0.2) is 65.6 Å². The molecule has 0 N–H and O–H groups in total. The zero-order valence-electron chi connectivity index (χ0n) is 21.0. The molecule has 3 atom stereocenters. The van der Waals surface area contributed by atoms with E-state index in [0.29, 0.717) is 29.9 Å². The molecule has 4 aromatic rings. The van der Waals surface area contributed by atoms with E-state index in [-0.39, 0.29) is 35.5 Å². The Morgan fingerprint density at radius 2 is 1.89 bits per heavy atom. The Labute approximate surface area is 214 Å². The summed E-state index contributed by atoms with van der Waals surface area (Å²) in [4.78, 5) is 34.4. The van der Waals surface area contributed by atoms with Crippen molar-refractivity contribution in [3.05, 3.63) is 99.8 Å². The van der Waals surface area contributed by atoms with E-state index in [4.69, 9.17) is 6.57 Å². The molecule has 1 fully saturated rings. The highest BCUT2D eigenvalue weighted by molar-refractivity contribution is 5.87. The van der Waals surface area contributed by atoms with Gasteiger partial charge in [-0.15, -0.1) is 4.98 Å². The highest BCUT2D eigenvalue weighted by atomic mass is 19.1. The molecule has 37 heavy (non-hydrogen) atoms. The van der Waals surface area contributed by atoms with Crippen molar-refractivity contribution in [3.8, 4) is 0 Å². The summed E-state index contributed by atoms with van der Waals surface area (Å²) in [6, 6.07) is 15.8. The first-order valence-corrected chi connectivity index (χ1v) is 12.3. The Bertz CT molecular complexity index is 1510. The van der Waals surface area contributed by atoms with E-state index < -0.39 is 0 Å². The number of nitrogens with zero attached hydrogens (tertiary/aromatic N) is 7. The summed E-state index contributed by atoms with van der Waals surface area (Å²) < 4.78 is 15.2. The van der Waals surface area contributed by atoms with Gasteiger partial charge in [0.1, 0.15) is 5.82 Å². The maximum absolute atomic E-state index is 13.8. The summed E-state index contributed by atoms with van der Waals surface area (Å²) in [5.41, 5.74) is 2.70. The molecule has 4 heterocycles. The summed E-state index contributed by atoms with van der Waals surface area (Å²) in [6.07, 6.45) is 2.63. The molecule has 3 aromatic heterocycles. The molecule has 1 aromatic carbocycles. The number of piperazine rings is 1. The third-order valence-electron chi connectivity index (χ3n) is 7.15. The number of halogens is 1. The molecule has 5 rings (SSSR count). The van der Waals surface area contributed by atoms with Crippen LogP contribution >= 0.6 is 0 Å². The summed E-state index contributed by atoms with van der Waals surface area (Å²) in [6.45, 7) is 12.9. The van der Waals surface area contributed by atoms with Crippen molar-refractivity contribution in [2.24, 2.45) is 7.05 Å². The van der Waals surface area contributed by atoms with Crippen LogP contribution in [0.25, 0.3) is 15.9 Å². The lowest BCUT2D eigenvalue weighted by atomic mass is 9.95. The maximum atomic E-state index is 13.8. The average molecular weight is 498 g/mol. The first-order valence-electron chi connectivity index (χ1n) is 12.3. The third kappa shape index (κ3) is 4.56. The van der Waals surface area contributed by atoms with E-state index in [1.165, 1.54) is 16.7 Å². The number of anilines is 1. The Morgan fingerprint density at radius 3 is 2.57 bits per heavy atom. The van der Waals surface area contributed by atoms with Crippen LogP contribution in [0.2, 0.25) is 0 Å². The van der Waals surface area contributed by atoms with Gasteiger partial charge < -0.3 is 9.74 Å². The van der Waals surface area contributed by atoms with Crippen LogP contribution in [0, 0.1) is 12.4 Å². The third-order valence-corrected chi connectivity index (χ3v) is 7.15. The molecule has 0 spiro atoms. The van der Waals surface area contributed by atoms with Gasteiger partial charge >= 0.3 is 5.69 Å². The number of aromatic nitrogens is 4. The molecule has 188 valence electrons. The number of pyridine rings is 2. The molecular formula is C28H28FN7O. The minimum absolute atomic E-state index is 0.0179. The first kappa shape index (κ1) is 24.5. The van der Waals surface area contributed by atoms with Gasteiger partial charge in [-0.05, 0) is 55.3 Å². The van der Waals surface area contributed by atoms with E-state index in [1.54, 1.807) is 25.4 Å². The summed E-state index contributed by atoms with van der Waals surface area (Å²) >= 11 is 0. The van der Waals surface area contributed by atoms with Crippen LogP contribution in [-0.4, -0.2) is 49.6 Å². The van der Waals surface area contributed by atoms with Crippen LogP contribution in [0.3, 0.4) is 0 Å².